The predicted octanol–water partition coefficient (Wildman–Crippen LogP) is 3.80. The summed E-state index contributed by atoms with van der Waals surface area (Å²) >= 11 is 0. The lowest BCUT2D eigenvalue weighted by Gasteiger charge is -2.35. The number of rotatable bonds is 4. The van der Waals surface area contributed by atoms with Gasteiger partial charge in [0.25, 0.3) is 5.91 Å². The molecule has 1 N–H and O–H groups in total. The van der Waals surface area contributed by atoms with Crippen LogP contribution >= 0.6 is 0 Å². The fraction of sp³-hybridized carbons (Fsp3) is 0.455. The van der Waals surface area contributed by atoms with Crippen LogP contribution in [0.15, 0.2) is 36.7 Å². The number of carbonyl (C=O) groups is 2. The Hall–Kier alpha value is -3.21. The average molecular weight is 465 g/mol. The Morgan fingerprint density at radius 2 is 1.70 bits per heavy atom. The summed E-state index contributed by atoms with van der Waals surface area (Å²) in [5.74, 6) is -0.862. The molecule has 1 aromatic heterocycles. The fourth-order valence-electron chi connectivity index (χ4n) is 3.26. The van der Waals surface area contributed by atoms with Crippen molar-refractivity contribution in [1.82, 2.24) is 19.8 Å². The van der Waals surface area contributed by atoms with Gasteiger partial charge in [-0.25, -0.2) is 9.78 Å². The van der Waals surface area contributed by atoms with Crippen molar-refractivity contribution in [1.29, 1.82) is 0 Å². The SMILES string of the molecule is CC(C)(C)OC(=O)N1CCN(Cc2cnc(NC(=O)c3ccccc3C(F)(F)F)cn2)CC1. The second kappa shape index (κ2) is 9.74. The van der Waals surface area contributed by atoms with Gasteiger partial charge in [-0.1, -0.05) is 12.1 Å². The van der Waals surface area contributed by atoms with Crippen molar-refractivity contribution in [2.45, 2.75) is 39.1 Å². The Labute approximate surface area is 189 Å². The van der Waals surface area contributed by atoms with Crippen LogP contribution < -0.4 is 5.32 Å². The van der Waals surface area contributed by atoms with E-state index in [1.54, 1.807) is 4.90 Å². The number of ether oxygens (including phenoxy) is 1. The Morgan fingerprint density at radius 1 is 1.03 bits per heavy atom. The van der Waals surface area contributed by atoms with Crippen LogP contribution in [0, 0.1) is 0 Å². The van der Waals surface area contributed by atoms with Crippen molar-refractivity contribution in [3.05, 3.63) is 53.5 Å². The Morgan fingerprint density at radius 3 is 2.27 bits per heavy atom. The highest BCUT2D eigenvalue weighted by molar-refractivity contribution is 6.04. The van der Waals surface area contributed by atoms with Gasteiger partial charge in [0.1, 0.15) is 5.60 Å². The van der Waals surface area contributed by atoms with Crippen LogP contribution in [0.1, 0.15) is 42.4 Å². The van der Waals surface area contributed by atoms with Crippen LogP contribution in [0.3, 0.4) is 0 Å². The van der Waals surface area contributed by atoms with Crippen molar-refractivity contribution in [3.8, 4) is 0 Å². The highest BCUT2D eigenvalue weighted by Crippen LogP contribution is 2.32. The number of carbonyl (C=O) groups excluding carboxylic acids is 2. The van der Waals surface area contributed by atoms with Gasteiger partial charge in [-0.15, -0.1) is 0 Å². The highest BCUT2D eigenvalue weighted by Gasteiger charge is 2.35. The normalized spacial score (nSPS) is 15.3. The summed E-state index contributed by atoms with van der Waals surface area (Å²) < 4.78 is 44.8. The molecule has 3 rings (SSSR count). The van der Waals surface area contributed by atoms with Gasteiger partial charge in [-0.3, -0.25) is 14.7 Å². The maximum Gasteiger partial charge on any atom is 0.417 e. The van der Waals surface area contributed by atoms with E-state index in [1.165, 1.54) is 24.5 Å². The molecule has 1 saturated heterocycles. The van der Waals surface area contributed by atoms with Crippen LogP contribution in [0.4, 0.5) is 23.8 Å². The maximum absolute atomic E-state index is 13.1. The van der Waals surface area contributed by atoms with Gasteiger partial charge in [0.2, 0.25) is 0 Å². The third kappa shape index (κ3) is 6.88. The average Bonchev–Trinajstić information content (AvgIpc) is 2.74. The van der Waals surface area contributed by atoms with Crippen molar-refractivity contribution >= 4 is 17.8 Å². The lowest BCUT2D eigenvalue weighted by Crippen LogP contribution is -2.49. The molecule has 2 amide bonds. The molecule has 1 aliphatic rings. The van der Waals surface area contributed by atoms with Gasteiger partial charge in [0, 0.05) is 32.7 Å². The number of nitrogens with zero attached hydrogens (tertiary/aromatic N) is 4. The molecule has 0 bridgehead atoms. The first-order valence-corrected chi connectivity index (χ1v) is 10.4. The third-order valence-corrected chi connectivity index (χ3v) is 4.83. The minimum absolute atomic E-state index is 0.0514. The number of nitrogens with one attached hydrogen (secondary N) is 1. The molecule has 33 heavy (non-hydrogen) atoms. The summed E-state index contributed by atoms with van der Waals surface area (Å²) in [6.45, 7) is 8.26. The molecule has 0 aliphatic carbocycles. The van der Waals surface area contributed by atoms with E-state index in [1.807, 2.05) is 20.8 Å². The van der Waals surface area contributed by atoms with Gasteiger partial charge in [-0.05, 0) is 32.9 Å². The topological polar surface area (TPSA) is 87.7 Å². The number of hydrogen-bond donors (Lipinski definition) is 1. The first-order chi connectivity index (χ1) is 15.4. The number of amides is 2. The standard InChI is InChI=1S/C22H26F3N5O3/c1-21(2,3)33-20(32)30-10-8-29(9-11-30)14-15-12-27-18(13-26-15)28-19(31)16-6-4-5-7-17(16)22(23,24)25/h4-7,12-13H,8-11,14H2,1-3H3,(H,27,28,31). The fourth-order valence-corrected chi connectivity index (χ4v) is 3.26. The molecule has 1 aromatic carbocycles. The molecule has 8 nitrogen and oxygen atoms in total. The first-order valence-electron chi connectivity index (χ1n) is 10.4. The van der Waals surface area contributed by atoms with Gasteiger partial charge < -0.3 is 15.0 Å². The van der Waals surface area contributed by atoms with Crippen LogP contribution in [-0.2, 0) is 17.5 Å². The molecule has 2 aromatic rings. The van der Waals surface area contributed by atoms with Crippen LogP contribution in [0.5, 0.6) is 0 Å². The number of benzene rings is 1. The molecule has 0 unspecified atom stereocenters. The number of anilines is 1. The second-order valence-corrected chi connectivity index (χ2v) is 8.63. The lowest BCUT2D eigenvalue weighted by atomic mass is 10.1. The number of halogens is 3. The summed E-state index contributed by atoms with van der Waals surface area (Å²) in [5.41, 5.74) is -1.42. The molecule has 178 valence electrons. The minimum Gasteiger partial charge on any atom is -0.444 e. The summed E-state index contributed by atoms with van der Waals surface area (Å²) in [7, 11) is 0. The van der Waals surface area contributed by atoms with Crippen LogP contribution in [0.25, 0.3) is 0 Å². The molecule has 0 radical (unpaired) electrons. The van der Waals surface area contributed by atoms with Gasteiger partial charge in [-0.2, -0.15) is 13.2 Å². The van der Waals surface area contributed by atoms with Crippen molar-refractivity contribution < 1.29 is 27.5 Å². The maximum atomic E-state index is 13.1. The molecule has 0 spiro atoms. The van der Waals surface area contributed by atoms with E-state index in [-0.39, 0.29) is 11.9 Å². The number of alkyl halides is 3. The second-order valence-electron chi connectivity index (χ2n) is 8.63. The minimum atomic E-state index is -4.64. The Bertz CT molecular complexity index is 982. The van der Waals surface area contributed by atoms with Crippen LogP contribution in [0.2, 0.25) is 0 Å². The largest absolute Gasteiger partial charge is 0.444 e. The van der Waals surface area contributed by atoms with Gasteiger partial charge >= 0.3 is 12.3 Å². The van der Waals surface area contributed by atoms with Crippen molar-refractivity contribution in [3.63, 3.8) is 0 Å². The first kappa shape index (κ1) is 24.4. The van der Waals surface area contributed by atoms with Crippen LogP contribution in [-0.4, -0.2) is 63.5 Å². The van der Waals surface area contributed by atoms with E-state index < -0.39 is 28.8 Å². The Kier molecular flexibility index (Phi) is 7.21. The monoisotopic (exact) mass is 465 g/mol. The molecule has 1 fully saturated rings. The summed E-state index contributed by atoms with van der Waals surface area (Å²) in [4.78, 5) is 36.6. The van der Waals surface area contributed by atoms with Crippen molar-refractivity contribution in [2.24, 2.45) is 0 Å². The van der Waals surface area contributed by atoms with E-state index in [9.17, 15) is 22.8 Å². The zero-order valence-corrected chi connectivity index (χ0v) is 18.6. The summed E-state index contributed by atoms with van der Waals surface area (Å²) in [5, 5.41) is 2.35. The van der Waals surface area contributed by atoms with E-state index in [4.69, 9.17) is 4.74 Å². The smallest absolute Gasteiger partial charge is 0.417 e. The molecule has 1 aliphatic heterocycles. The molecule has 11 heteroatoms. The summed E-state index contributed by atoms with van der Waals surface area (Å²) in [6.07, 6.45) is -2.21. The van der Waals surface area contributed by atoms with Crippen molar-refractivity contribution in [2.75, 3.05) is 31.5 Å². The molecule has 0 atom stereocenters. The van der Waals surface area contributed by atoms with E-state index in [0.717, 1.165) is 12.1 Å². The predicted molar refractivity (Wildman–Crippen MR) is 115 cm³/mol. The third-order valence-electron chi connectivity index (χ3n) is 4.83. The lowest BCUT2D eigenvalue weighted by molar-refractivity contribution is -0.137. The highest BCUT2D eigenvalue weighted by atomic mass is 19.4. The molecule has 2 heterocycles. The quantitative estimate of drug-likeness (QED) is 0.739. The number of hydrogen-bond acceptors (Lipinski definition) is 6. The summed E-state index contributed by atoms with van der Waals surface area (Å²) in [6, 6.07) is 4.55. The molecular formula is C22H26F3N5O3. The molecule has 0 saturated carbocycles. The van der Waals surface area contributed by atoms with E-state index in [0.29, 0.717) is 38.4 Å². The molecular weight excluding hydrogens is 439 g/mol. The Balaban J connectivity index is 1.54. The zero-order valence-electron chi connectivity index (χ0n) is 18.6. The van der Waals surface area contributed by atoms with E-state index in [2.05, 4.69) is 20.2 Å². The number of piperazine rings is 1. The number of aromatic nitrogens is 2. The van der Waals surface area contributed by atoms with Gasteiger partial charge in [0.05, 0.1) is 29.2 Å². The zero-order chi connectivity index (χ0) is 24.2. The van der Waals surface area contributed by atoms with Gasteiger partial charge in [0.15, 0.2) is 5.82 Å². The van der Waals surface area contributed by atoms with E-state index >= 15 is 0 Å².